The van der Waals surface area contributed by atoms with E-state index in [0.29, 0.717) is 15.4 Å². The average molecular weight is 578 g/mol. The molecule has 4 rings (SSSR count). The van der Waals surface area contributed by atoms with Crippen LogP contribution in [0.25, 0.3) is 0 Å². The maximum absolute atomic E-state index is 13.5. The molecule has 0 bridgehead atoms. The Morgan fingerprint density at radius 1 is 1.06 bits per heavy atom. The molecule has 3 atom stereocenters. The van der Waals surface area contributed by atoms with E-state index in [0.717, 1.165) is 11.1 Å². The van der Waals surface area contributed by atoms with Gasteiger partial charge in [-0.25, -0.2) is 4.79 Å². The first-order valence-corrected chi connectivity index (χ1v) is 12.2. The van der Waals surface area contributed by atoms with Crippen LogP contribution in [0.15, 0.2) is 81.1 Å². The van der Waals surface area contributed by atoms with Gasteiger partial charge in [0, 0.05) is 0 Å². The lowest BCUT2D eigenvalue weighted by molar-refractivity contribution is -0.164. The van der Waals surface area contributed by atoms with Gasteiger partial charge in [0.05, 0.1) is 3.39 Å². The van der Waals surface area contributed by atoms with Crippen LogP contribution in [0.3, 0.4) is 0 Å². The number of nitrogens with one attached hydrogen (secondary N) is 1. The highest BCUT2D eigenvalue weighted by molar-refractivity contribution is 9.28. The summed E-state index contributed by atoms with van der Waals surface area (Å²) >= 11 is 8.03. The third-order valence-electron chi connectivity index (χ3n) is 5.20. The number of β-lactam (4-membered cyclic amide) rings is 1. The van der Waals surface area contributed by atoms with Crippen molar-refractivity contribution in [3.8, 4) is 0 Å². The van der Waals surface area contributed by atoms with Crippen molar-refractivity contribution < 1.29 is 19.1 Å². The van der Waals surface area contributed by atoms with Gasteiger partial charge < -0.3 is 15.0 Å². The number of thioether (sulfide) groups is 1. The number of fused-ring (bicyclic) bond motifs is 1. The molecule has 6 nitrogen and oxygen atoms in total. The van der Waals surface area contributed by atoms with Gasteiger partial charge in [0.2, 0.25) is 12.3 Å². The fraction of sp³-hybridized carbons (Fsp3) is 0.174. The summed E-state index contributed by atoms with van der Waals surface area (Å²) in [5.41, 5.74) is 2.26. The van der Waals surface area contributed by atoms with E-state index >= 15 is 0 Å². The van der Waals surface area contributed by atoms with Crippen LogP contribution in [-0.2, 0) is 19.1 Å². The standard InChI is InChI=1S/C23H18Br2N2O4S/c24-17(25)11-16-12-32-22-18(26-13-28)21(29)27(22)19(16)23(30)31-20(14-7-3-1-4-8-14)15-9-5-2-6-10-15/h1-13,18-20,22H,(H,26,28)/t18?,19?,22-/m0/s1. The molecule has 0 saturated carbocycles. The molecule has 32 heavy (non-hydrogen) atoms. The lowest BCUT2D eigenvalue weighted by Crippen LogP contribution is -2.73. The van der Waals surface area contributed by atoms with Crippen molar-refractivity contribution in [1.29, 1.82) is 0 Å². The molecule has 1 saturated heterocycles. The topological polar surface area (TPSA) is 75.7 Å². The molecule has 2 aromatic rings. The second kappa shape index (κ2) is 10.1. The van der Waals surface area contributed by atoms with Gasteiger partial charge in [-0.3, -0.25) is 9.59 Å². The Hall–Kier alpha value is -2.36. The van der Waals surface area contributed by atoms with Crippen molar-refractivity contribution in [2.24, 2.45) is 0 Å². The van der Waals surface area contributed by atoms with Crippen LogP contribution in [-0.4, -0.2) is 40.6 Å². The van der Waals surface area contributed by atoms with Crippen molar-refractivity contribution >= 4 is 61.9 Å². The van der Waals surface area contributed by atoms with E-state index < -0.39 is 24.2 Å². The number of carbonyl (C=O) groups excluding carboxylic acids is 3. The van der Waals surface area contributed by atoms with Gasteiger partial charge in [-0.15, -0.1) is 11.8 Å². The Morgan fingerprint density at radius 3 is 2.19 bits per heavy atom. The molecule has 2 aromatic carbocycles. The van der Waals surface area contributed by atoms with Crippen LogP contribution >= 0.6 is 43.6 Å². The molecule has 164 valence electrons. The van der Waals surface area contributed by atoms with Gasteiger partial charge in [-0.1, -0.05) is 60.7 Å². The molecular formula is C23H18Br2N2O4S. The zero-order valence-corrected chi connectivity index (χ0v) is 20.5. The minimum Gasteiger partial charge on any atom is -0.451 e. The summed E-state index contributed by atoms with van der Waals surface area (Å²) in [7, 11) is 0. The quantitative estimate of drug-likeness (QED) is 0.303. The highest BCUT2D eigenvalue weighted by atomic mass is 79.9. The number of ether oxygens (including phenoxy) is 1. The van der Waals surface area contributed by atoms with Gasteiger partial charge in [0.1, 0.15) is 11.4 Å². The Balaban J connectivity index is 1.67. The molecule has 0 radical (unpaired) electrons. The van der Waals surface area contributed by atoms with E-state index in [-0.39, 0.29) is 11.3 Å². The zero-order chi connectivity index (χ0) is 22.7. The molecule has 2 amide bonds. The molecule has 1 fully saturated rings. The maximum atomic E-state index is 13.5. The maximum Gasteiger partial charge on any atom is 0.334 e. The highest BCUT2D eigenvalue weighted by Gasteiger charge is 2.55. The van der Waals surface area contributed by atoms with Crippen molar-refractivity contribution in [3.05, 3.63) is 92.2 Å². The molecule has 2 aliphatic heterocycles. The molecule has 0 aromatic heterocycles. The van der Waals surface area contributed by atoms with Gasteiger partial charge in [0.25, 0.3) is 0 Å². The minimum absolute atomic E-state index is 0.322. The van der Waals surface area contributed by atoms with E-state index in [2.05, 4.69) is 37.2 Å². The Bertz CT molecular complexity index is 1030. The van der Waals surface area contributed by atoms with Crippen LogP contribution in [0, 0.1) is 0 Å². The molecule has 9 heteroatoms. The fourth-order valence-corrected chi connectivity index (χ4v) is 5.49. The number of hydrogen-bond donors (Lipinski definition) is 1. The van der Waals surface area contributed by atoms with E-state index in [1.54, 1.807) is 6.08 Å². The number of nitrogens with zero attached hydrogens (tertiary/aromatic N) is 1. The Kier molecular flexibility index (Phi) is 7.17. The van der Waals surface area contributed by atoms with Crippen molar-refractivity contribution in [2.75, 3.05) is 0 Å². The summed E-state index contributed by atoms with van der Waals surface area (Å²) in [6.45, 7) is 0. The lowest BCUT2D eigenvalue weighted by atomic mass is 9.97. The number of benzene rings is 2. The molecule has 0 spiro atoms. The number of rotatable bonds is 7. The van der Waals surface area contributed by atoms with Crippen LogP contribution in [0.4, 0.5) is 0 Å². The van der Waals surface area contributed by atoms with Crippen molar-refractivity contribution in [2.45, 2.75) is 23.6 Å². The third kappa shape index (κ3) is 4.55. The van der Waals surface area contributed by atoms with Crippen molar-refractivity contribution in [1.82, 2.24) is 10.2 Å². The second-order valence-electron chi connectivity index (χ2n) is 7.13. The van der Waals surface area contributed by atoms with E-state index in [9.17, 15) is 14.4 Å². The summed E-state index contributed by atoms with van der Waals surface area (Å²) in [5.74, 6) is -0.869. The van der Waals surface area contributed by atoms with E-state index in [1.807, 2.05) is 66.1 Å². The summed E-state index contributed by atoms with van der Waals surface area (Å²) < 4.78 is 6.67. The molecule has 2 aliphatic rings. The average Bonchev–Trinajstić information content (AvgIpc) is 2.81. The molecule has 2 heterocycles. The van der Waals surface area contributed by atoms with Gasteiger partial charge in [-0.05, 0) is 60.0 Å². The molecule has 1 N–H and O–H groups in total. The SMILES string of the molecule is O=CNC1C(=O)N2C(C(=O)OC(c3ccccc3)c3ccccc3)C(C=C(Br)Br)=CS[C@@H]12. The number of esters is 1. The summed E-state index contributed by atoms with van der Waals surface area (Å²) in [5, 5.41) is 3.98. The van der Waals surface area contributed by atoms with Crippen LogP contribution < -0.4 is 5.32 Å². The van der Waals surface area contributed by atoms with E-state index in [1.165, 1.54) is 16.7 Å². The molecular weight excluding hydrogens is 560 g/mol. The van der Waals surface area contributed by atoms with E-state index in [4.69, 9.17) is 4.74 Å². The predicted octanol–water partition coefficient (Wildman–Crippen LogP) is 4.23. The minimum atomic E-state index is -0.932. The number of hydrogen-bond acceptors (Lipinski definition) is 5. The Morgan fingerprint density at radius 2 is 1.66 bits per heavy atom. The molecule has 0 aliphatic carbocycles. The Labute approximate surface area is 206 Å². The van der Waals surface area contributed by atoms with Gasteiger partial charge in [0.15, 0.2) is 12.1 Å². The van der Waals surface area contributed by atoms with Crippen LogP contribution in [0.1, 0.15) is 17.2 Å². The lowest BCUT2D eigenvalue weighted by Gasteiger charge is -2.51. The van der Waals surface area contributed by atoms with Crippen LogP contribution in [0.2, 0.25) is 0 Å². The summed E-state index contributed by atoms with van der Waals surface area (Å²) in [6.07, 6.45) is 1.60. The predicted molar refractivity (Wildman–Crippen MR) is 130 cm³/mol. The molecule has 2 unspecified atom stereocenters. The van der Waals surface area contributed by atoms with Crippen molar-refractivity contribution in [3.63, 3.8) is 0 Å². The normalized spacial score (nSPS) is 21.7. The summed E-state index contributed by atoms with van der Waals surface area (Å²) in [6, 6.07) is 17.3. The fourth-order valence-electron chi connectivity index (χ4n) is 3.76. The number of halogens is 2. The number of amides is 2. The highest BCUT2D eigenvalue weighted by Crippen LogP contribution is 2.42. The zero-order valence-electron chi connectivity index (χ0n) is 16.6. The second-order valence-corrected chi connectivity index (χ2v) is 10.9. The first kappa shape index (κ1) is 22.8. The smallest absolute Gasteiger partial charge is 0.334 e. The van der Waals surface area contributed by atoms with Crippen LogP contribution in [0.5, 0.6) is 0 Å². The monoisotopic (exact) mass is 576 g/mol. The van der Waals surface area contributed by atoms with Gasteiger partial charge in [-0.2, -0.15) is 0 Å². The first-order valence-electron chi connectivity index (χ1n) is 9.71. The van der Waals surface area contributed by atoms with Gasteiger partial charge >= 0.3 is 5.97 Å². The largest absolute Gasteiger partial charge is 0.451 e. The number of carbonyl (C=O) groups is 3. The summed E-state index contributed by atoms with van der Waals surface area (Å²) in [4.78, 5) is 38.7. The first-order chi connectivity index (χ1) is 15.5. The third-order valence-corrected chi connectivity index (χ3v) is 6.85.